The number of esters is 1. The maximum Gasteiger partial charge on any atom is 0.337 e. The SMILES string of the molecule is COC(=O)c1ccc(CNC(=O)c2cnc3c(c2)CB(C#N)C3)cc1. The van der Waals surface area contributed by atoms with E-state index in [0.29, 0.717) is 30.3 Å². The molecule has 25 heavy (non-hydrogen) atoms. The molecule has 1 aromatic carbocycles. The summed E-state index contributed by atoms with van der Waals surface area (Å²) in [6, 6.07) is 8.67. The molecule has 1 N–H and O–H groups in total. The largest absolute Gasteiger partial charge is 0.465 e. The number of hydrogen-bond acceptors (Lipinski definition) is 5. The average molecular weight is 333 g/mol. The lowest BCUT2D eigenvalue weighted by Gasteiger charge is -2.07. The average Bonchev–Trinajstić information content (AvgIpc) is 3.08. The Morgan fingerprint density at radius 3 is 2.72 bits per heavy atom. The molecule has 3 rings (SSSR count). The van der Waals surface area contributed by atoms with Gasteiger partial charge >= 0.3 is 5.97 Å². The van der Waals surface area contributed by atoms with Crippen LogP contribution in [0.3, 0.4) is 0 Å². The van der Waals surface area contributed by atoms with Crippen molar-refractivity contribution in [3.05, 3.63) is 64.5 Å². The van der Waals surface area contributed by atoms with Gasteiger partial charge in [0, 0.05) is 24.4 Å². The number of carbonyl (C=O) groups is 2. The predicted octanol–water partition coefficient (Wildman–Crippen LogP) is 1.53. The summed E-state index contributed by atoms with van der Waals surface area (Å²) < 4.78 is 4.65. The fourth-order valence-electron chi connectivity index (χ4n) is 2.85. The van der Waals surface area contributed by atoms with Gasteiger partial charge in [-0.2, -0.15) is 0 Å². The molecule has 1 aromatic heterocycles. The highest BCUT2D eigenvalue weighted by Crippen LogP contribution is 2.20. The topological polar surface area (TPSA) is 92.1 Å². The molecule has 0 saturated carbocycles. The maximum atomic E-state index is 12.3. The van der Waals surface area contributed by atoms with Gasteiger partial charge < -0.3 is 10.1 Å². The minimum absolute atomic E-state index is 0.0471. The minimum atomic E-state index is -0.393. The van der Waals surface area contributed by atoms with E-state index in [0.717, 1.165) is 16.8 Å². The van der Waals surface area contributed by atoms with E-state index in [1.54, 1.807) is 30.5 Å². The molecule has 2 aromatic rings. The van der Waals surface area contributed by atoms with Crippen molar-refractivity contribution in [2.75, 3.05) is 7.11 Å². The number of nitrogens with one attached hydrogen (secondary N) is 1. The van der Waals surface area contributed by atoms with Crippen LogP contribution in [-0.4, -0.2) is 30.7 Å². The van der Waals surface area contributed by atoms with E-state index in [1.807, 2.05) is 6.07 Å². The Morgan fingerprint density at radius 1 is 1.28 bits per heavy atom. The van der Waals surface area contributed by atoms with E-state index in [2.05, 4.69) is 21.0 Å². The molecule has 2 heterocycles. The number of aromatic nitrogens is 1. The van der Waals surface area contributed by atoms with Gasteiger partial charge in [0.05, 0.1) is 18.2 Å². The van der Waals surface area contributed by atoms with Gasteiger partial charge in [-0.3, -0.25) is 9.78 Å². The molecule has 124 valence electrons. The number of carbonyl (C=O) groups excluding carboxylic acids is 2. The molecular formula is C18H16BN3O3. The zero-order chi connectivity index (χ0) is 17.8. The van der Waals surface area contributed by atoms with Crippen LogP contribution in [0.25, 0.3) is 0 Å². The smallest absolute Gasteiger partial charge is 0.337 e. The number of amides is 1. The molecule has 6 nitrogen and oxygen atoms in total. The number of ether oxygens (including phenoxy) is 1. The Morgan fingerprint density at radius 2 is 2.04 bits per heavy atom. The first-order chi connectivity index (χ1) is 12.1. The second-order valence-electron chi connectivity index (χ2n) is 5.94. The number of nitriles is 1. The summed E-state index contributed by atoms with van der Waals surface area (Å²) in [5, 5.41) is 11.8. The number of fused-ring (bicyclic) bond motifs is 1. The normalized spacial score (nSPS) is 12.2. The summed E-state index contributed by atoms with van der Waals surface area (Å²) in [5.41, 5.74) is 3.71. The molecule has 0 atom stereocenters. The lowest BCUT2D eigenvalue weighted by Crippen LogP contribution is -2.23. The lowest BCUT2D eigenvalue weighted by atomic mass is 9.49. The van der Waals surface area contributed by atoms with Gasteiger partial charge in [-0.05, 0) is 42.0 Å². The summed E-state index contributed by atoms with van der Waals surface area (Å²) in [7, 11) is 1.33. The Bertz CT molecular complexity index is 859. The van der Waals surface area contributed by atoms with Crippen molar-refractivity contribution in [1.29, 1.82) is 5.26 Å². The molecule has 0 unspecified atom stereocenters. The van der Waals surface area contributed by atoms with E-state index in [-0.39, 0.29) is 12.6 Å². The second-order valence-corrected chi connectivity index (χ2v) is 5.94. The number of rotatable bonds is 4. The van der Waals surface area contributed by atoms with E-state index < -0.39 is 5.97 Å². The summed E-state index contributed by atoms with van der Waals surface area (Å²) in [5.74, 6) is 1.64. The first-order valence-corrected chi connectivity index (χ1v) is 7.93. The van der Waals surface area contributed by atoms with Crippen LogP contribution in [0.1, 0.15) is 37.5 Å². The van der Waals surface area contributed by atoms with Crippen LogP contribution in [0.15, 0.2) is 36.5 Å². The van der Waals surface area contributed by atoms with Crippen molar-refractivity contribution in [1.82, 2.24) is 10.3 Å². The Balaban J connectivity index is 1.62. The first kappa shape index (κ1) is 16.7. The molecule has 0 aliphatic carbocycles. The van der Waals surface area contributed by atoms with Gasteiger partial charge in [-0.1, -0.05) is 12.1 Å². The molecular weight excluding hydrogens is 317 g/mol. The Hall–Kier alpha value is -3.14. The molecule has 1 aliphatic heterocycles. The van der Waals surface area contributed by atoms with Crippen LogP contribution in [0.4, 0.5) is 0 Å². The molecule has 0 radical (unpaired) electrons. The Labute approximate surface area is 145 Å². The van der Waals surface area contributed by atoms with Crippen molar-refractivity contribution in [3.8, 4) is 5.97 Å². The molecule has 7 heteroatoms. The third kappa shape index (κ3) is 3.69. The van der Waals surface area contributed by atoms with Gasteiger partial charge in [0.25, 0.3) is 12.6 Å². The van der Waals surface area contributed by atoms with Crippen molar-refractivity contribution >= 4 is 18.6 Å². The van der Waals surface area contributed by atoms with E-state index in [9.17, 15) is 9.59 Å². The van der Waals surface area contributed by atoms with Crippen molar-refractivity contribution in [3.63, 3.8) is 0 Å². The van der Waals surface area contributed by atoms with Crippen molar-refractivity contribution in [2.24, 2.45) is 0 Å². The van der Waals surface area contributed by atoms with Crippen molar-refractivity contribution < 1.29 is 14.3 Å². The van der Waals surface area contributed by atoms with Crippen LogP contribution < -0.4 is 5.32 Å². The van der Waals surface area contributed by atoms with E-state index >= 15 is 0 Å². The fraction of sp³-hybridized carbons (Fsp3) is 0.222. The van der Waals surface area contributed by atoms with Gasteiger partial charge in [-0.15, -0.1) is 0 Å². The second kappa shape index (κ2) is 7.18. The highest BCUT2D eigenvalue weighted by atomic mass is 16.5. The minimum Gasteiger partial charge on any atom is -0.465 e. The first-order valence-electron chi connectivity index (χ1n) is 7.93. The highest BCUT2D eigenvalue weighted by Gasteiger charge is 2.27. The Kier molecular flexibility index (Phi) is 4.80. The summed E-state index contributed by atoms with van der Waals surface area (Å²) >= 11 is 0. The van der Waals surface area contributed by atoms with Crippen molar-refractivity contribution in [2.45, 2.75) is 19.2 Å². The van der Waals surface area contributed by atoms with Gasteiger partial charge in [0.1, 0.15) is 0 Å². The molecule has 0 spiro atoms. The van der Waals surface area contributed by atoms with Gasteiger partial charge in [0.2, 0.25) is 0 Å². The van der Waals surface area contributed by atoms with Gasteiger partial charge in [-0.25, -0.2) is 10.1 Å². The third-order valence-corrected chi connectivity index (χ3v) is 4.24. The zero-order valence-corrected chi connectivity index (χ0v) is 13.8. The van der Waals surface area contributed by atoms with Crippen LogP contribution in [0.2, 0.25) is 0 Å². The quantitative estimate of drug-likeness (QED) is 0.677. The molecule has 0 fully saturated rings. The summed E-state index contributed by atoms with van der Waals surface area (Å²) in [6.07, 6.45) is 2.85. The number of methoxy groups -OCH3 is 1. The molecule has 1 amide bonds. The molecule has 0 saturated heterocycles. The third-order valence-electron chi connectivity index (χ3n) is 4.24. The fourth-order valence-corrected chi connectivity index (χ4v) is 2.85. The molecule has 1 aliphatic rings. The van der Waals surface area contributed by atoms with Crippen LogP contribution in [0, 0.1) is 11.2 Å². The van der Waals surface area contributed by atoms with Crippen LogP contribution >= 0.6 is 0 Å². The predicted molar refractivity (Wildman–Crippen MR) is 92.0 cm³/mol. The number of nitrogens with zero attached hydrogens (tertiary/aromatic N) is 2. The lowest BCUT2D eigenvalue weighted by molar-refractivity contribution is 0.0600. The highest BCUT2D eigenvalue weighted by molar-refractivity contribution is 6.66. The monoisotopic (exact) mass is 333 g/mol. The number of hydrogen-bond donors (Lipinski definition) is 1. The van der Waals surface area contributed by atoms with Crippen LogP contribution in [0.5, 0.6) is 0 Å². The summed E-state index contributed by atoms with van der Waals surface area (Å²) in [6.45, 7) is 0.298. The van der Waals surface area contributed by atoms with E-state index in [1.165, 1.54) is 7.11 Å². The number of benzene rings is 1. The zero-order valence-electron chi connectivity index (χ0n) is 13.8. The number of pyridine rings is 1. The standard InChI is InChI=1S/C18H16BN3O3/c1-25-18(24)13-4-2-12(3-5-13)9-22-17(23)15-6-14-7-19(11-20)8-16(14)21-10-15/h2-6,10H,7-9H2,1H3,(H,22,23). The molecule has 0 bridgehead atoms. The maximum absolute atomic E-state index is 12.3. The van der Waals surface area contributed by atoms with Gasteiger partial charge in [0.15, 0.2) is 0 Å². The van der Waals surface area contributed by atoms with E-state index in [4.69, 9.17) is 5.26 Å². The summed E-state index contributed by atoms with van der Waals surface area (Å²) in [4.78, 5) is 28.0. The van der Waals surface area contributed by atoms with Crippen LogP contribution in [-0.2, 0) is 23.9 Å².